The highest BCUT2D eigenvalue weighted by molar-refractivity contribution is 8.11. The second-order valence-corrected chi connectivity index (χ2v) is 6.94. The van der Waals surface area contributed by atoms with Crippen LogP contribution in [0.5, 0.6) is 11.5 Å². The summed E-state index contributed by atoms with van der Waals surface area (Å²) in [5.41, 5.74) is 0.778. The first-order chi connectivity index (χ1) is 10.7. The van der Waals surface area contributed by atoms with Gasteiger partial charge in [0, 0.05) is 23.1 Å². The van der Waals surface area contributed by atoms with E-state index in [0.717, 1.165) is 17.1 Å². The summed E-state index contributed by atoms with van der Waals surface area (Å²) in [4.78, 5) is 27.3. The molecule has 0 aliphatic carbocycles. The van der Waals surface area contributed by atoms with E-state index < -0.39 is 0 Å². The number of hydrogen-bond acceptors (Lipinski definition) is 6. The lowest BCUT2D eigenvalue weighted by Gasteiger charge is -2.17. The Balaban J connectivity index is 1.85. The highest BCUT2D eigenvalue weighted by atomic mass is 32.2. The average molecular weight is 337 g/mol. The number of hydrogen-bond donors (Lipinski definition) is 0. The minimum atomic E-state index is -0.199. The lowest BCUT2D eigenvalue weighted by atomic mass is 10.1. The van der Waals surface area contributed by atoms with Crippen molar-refractivity contribution in [3.05, 3.63) is 33.6 Å². The van der Waals surface area contributed by atoms with Crippen LogP contribution >= 0.6 is 23.5 Å². The summed E-state index contributed by atoms with van der Waals surface area (Å²) in [5, 5.41) is 0. The Kier molecular flexibility index (Phi) is 4.35. The third-order valence-electron chi connectivity index (χ3n) is 3.48. The standard InChI is InChI=1S/C15H15NO4S2/c1-19-10-4-3-9(11(7-10)20-2)8-16-14(17)12-13(15(16)18)22-6-5-21-12/h3-4,7H,5-6,8H2,1-2H3. The van der Waals surface area contributed by atoms with E-state index in [4.69, 9.17) is 9.47 Å². The van der Waals surface area contributed by atoms with Crippen LogP contribution in [0.25, 0.3) is 0 Å². The molecule has 0 fully saturated rings. The van der Waals surface area contributed by atoms with Crippen molar-refractivity contribution < 1.29 is 19.1 Å². The van der Waals surface area contributed by atoms with Crippen molar-refractivity contribution in [3.8, 4) is 11.5 Å². The van der Waals surface area contributed by atoms with Gasteiger partial charge in [-0.05, 0) is 12.1 Å². The van der Waals surface area contributed by atoms with Crippen LogP contribution in [-0.4, -0.2) is 42.4 Å². The summed E-state index contributed by atoms with van der Waals surface area (Å²) in [5.74, 6) is 2.60. The maximum atomic E-state index is 12.4. The molecule has 5 nitrogen and oxygen atoms in total. The van der Waals surface area contributed by atoms with E-state index in [1.807, 2.05) is 6.07 Å². The number of carbonyl (C=O) groups is 2. The molecule has 2 heterocycles. The van der Waals surface area contributed by atoms with Crippen molar-refractivity contribution in [3.63, 3.8) is 0 Å². The van der Waals surface area contributed by atoms with Crippen LogP contribution in [0.3, 0.4) is 0 Å². The van der Waals surface area contributed by atoms with Crippen LogP contribution in [0.4, 0.5) is 0 Å². The number of thioether (sulfide) groups is 2. The van der Waals surface area contributed by atoms with Crippen molar-refractivity contribution >= 4 is 35.3 Å². The Morgan fingerprint density at radius 1 is 1.05 bits per heavy atom. The van der Waals surface area contributed by atoms with E-state index >= 15 is 0 Å². The number of methoxy groups -OCH3 is 2. The van der Waals surface area contributed by atoms with Crippen molar-refractivity contribution in [2.75, 3.05) is 25.7 Å². The molecule has 0 spiro atoms. The number of carbonyl (C=O) groups excluding carboxylic acids is 2. The molecule has 2 aliphatic rings. The molecule has 3 rings (SSSR count). The van der Waals surface area contributed by atoms with Gasteiger partial charge in [0.05, 0.1) is 30.6 Å². The zero-order chi connectivity index (χ0) is 15.7. The van der Waals surface area contributed by atoms with E-state index in [9.17, 15) is 9.59 Å². The molecule has 0 radical (unpaired) electrons. The van der Waals surface area contributed by atoms with E-state index in [2.05, 4.69) is 0 Å². The fraction of sp³-hybridized carbons (Fsp3) is 0.333. The largest absolute Gasteiger partial charge is 0.497 e. The van der Waals surface area contributed by atoms with Gasteiger partial charge < -0.3 is 9.47 Å². The molecule has 1 aromatic carbocycles. The van der Waals surface area contributed by atoms with Crippen LogP contribution in [0.1, 0.15) is 5.56 Å². The number of imide groups is 1. The predicted octanol–water partition coefficient (Wildman–Crippen LogP) is 2.26. The van der Waals surface area contributed by atoms with Gasteiger partial charge in [0.2, 0.25) is 0 Å². The van der Waals surface area contributed by atoms with E-state index in [0.29, 0.717) is 21.3 Å². The highest BCUT2D eigenvalue weighted by Crippen LogP contribution is 2.41. The lowest BCUT2D eigenvalue weighted by molar-refractivity contribution is -0.137. The molecule has 0 aromatic heterocycles. The van der Waals surface area contributed by atoms with E-state index in [1.165, 1.54) is 28.4 Å². The average Bonchev–Trinajstić information content (AvgIpc) is 2.80. The van der Waals surface area contributed by atoms with Crippen LogP contribution < -0.4 is 9.47 Å². The molecule has 0 saturated carbocycles. The van der Waals surface area contributed by atoms with Gasteiger partial charge in [-0.3, -0.25) is 14.5 Å². The predicted molar refractivity (Wildman–Crippen MR) is 87.0 cm³/mol. The lowest BCUT2D eigenvalue weighted by Crippen LogP contribution is -2.30. The Bertz CT molecular complexity index is 644. The zero-order valence-corrected chi connectivity index (χ0v) is 13.9. The second kappa shape index (κ2) is 6.26. The summed E-state index contributed by atoms with van der Waals surface area (Å²) in [6, 6.07) is 5.35. The molecule has 0 unspecified atom stereocenters. The van der Waals surface area contributed by atoms with Crippen LogP contribution in [0, 0.1) is 0 Å². The fourth-order valence-electron chi connectivity index (χ4n) is 2.37. The Morgan fingerprint density at radius 2 is 1.68 bits per heavy atom. The second-order valence-electron chi connectivity index (χ2n) is 4.73. The molecular formula is C15H15NO4S2. The number of benzene rings is 1. The van der Waals surface area contributed by atoms with Crippen LogP contribution in [-0.2, 0) is 16.1 Å². The molecule has 7 heteroatoms. The molecule has 116 valence electrons. The first kappa shape index (κ1) is 15.3. The highest BCUT2D eigenvalue weighted by Gasteiger charge is 2.40. The number of rotatable bonds is 4. The molecule has 0 saturated heterocycles. The number of amides is 2. The van der Waals surface area contributed by atoms with Gasteiger partial charge in [-0.15, -0.1) is 23.5 Å². The topological polar surface area (TPSA) is 55.8 Å². The van der Waals surface area contributed by atoms with Gasteiger partial charge in [-0.1, -0.05) is 0 Å². The Labute approximate surface area is 137 Å². The third-order valence-corrected chi connectivity index (χ3v) is 6.02. The molecule has 22 heavy (non-hydrogen) atoms. The quantitative estimate of drug-likeness (QED) is 0.786. The zero-order valence-electron chi connectivity index (χ0n) is 12.3. The Morgan fingerprint density at radius 3 is 2.23 bits per heavy atom. The SMILES string of the molecule is COc1ccc(CN2C(=O)C3=C(SCCS3)C2=O)c(OC)c1. The minimum absolute atomic E-state index is 0.199. The normalized spacial score (nSPS) is 17.8. The molecule has 0 N–H and O–H groups in total. The van der Waals surface area contributed by atoms with Crippen molar-refractivity contribution in [2.45, 2.75) is 6.54 Å². The number of ether oxygens (including phenoxy) is 2. The Hall–Kier alpha value is -1.60. The van der Waals surface area contributed by atoms with Crippen LogP contribution in [0.2, 0.25) is 0 Å². The van der Waals surface area contributed by atoms with Gasteiger partial charge in [-0.25, -0.2) is 0 Å². The maximum Gasteiger partial charge on any atom is 0.268 e. The van der Waals surface area contributed by atoms with Gasteiger partial charge in [-0.2, -0.15) is 0 Å². The summed E-state index contributed by atoms with van der Waals surface area (Å²) >= 11 is 2.94. The molecule has 2 aliphatic heterocycles. The summed E-state index contributed by atoms with van der Waals surface area (Å²) in [6.07, 6.45) is 0. The smallest absolute Gasteiger partial charge is 0.268 e. The molecule has 0 bridgehead atoms. The molecule has 1 aromatic rings. The maximum absolute atomic E-state index is 12.4. The first-order valence-corrected chi connectivity index (χ1v) is 8.69. The minimum Gasteiger partial charge on any atom is -0.497 e. The van der Waals surface area contributed by atoms with Crippen molar-refractivity contribution in [1.82, 2.24) is 4.90 Å². The molecular weight excluding hydrogens is 322 g/mol. The summed E-state index contributed by atoms with van der Waals surface area (Å²) in [6.45, 7) is 0.207. The summed E-state index contributed by atoms with van der Waals surface area (Å²) < 4.78 is 10.5. The summed E-state index contributed by atoms with van der Waals surface area (Å²) in [7, 11) is 3.13. The van der Waals surface area contributed by atoms with E-state index in [1.54, 1.807) is 26.4 Å². The van der Waals surface area contributed by atoms with Gasteiger partial charge in [0.15, 0.2) is 0 Å². The van der Waals surface area contributed by atoms with Crippen molar-refractivity contribution in [2.24, 2.45) is 0 Å². The van der Waals surface area contributed by atoms with Crippen molar-refractivity contribution in [1.29, 1.82) is 0 Å². The first-order valence-electron chi connectivity index (χ1n) is 6.72. The third kappa shape index (κ3) is 2.59. The molecule has 0 atom stereocenters. The van der Waals surface area contributed by atoms with Gasteiger partial charge in [0.1, 0.15) is 11.5 Å². The van der Waals surface area contributed by atoms with Crippen LogP contribution in [0.15, 0.2) is 28.0 Å². The monoisotopic (exact) mass is 337 g/mol. The number of nitrogens with zero attached hydrogens (tertiary/aromatic N) is 1. The fourth-order valence-corrected chi connectivity index (χ4v) is 4.70. The molecule has 2 amide bonds. The van der Waals surface area contributed by atoms with Gasteiger partial charge >= 0.3 is 0 Å². The van der Waals surface area contributed by atoms with Gasteiger partial charge in [0.25, 0.3) is 11.8 Å². The van der Waals surface area contributed by atoms with E-state index in [-0.39, 0.29) is 18.4 Å².